The number of pyridine rings is 1. The van der Waals surface area contributed by atoms with Crippen LogP contribution in [0.15, 0.2) is 61.2 Å². The van der Waals surface area contributed by atoms with E-state index in [9.17, 15) is 4.79 Å². The topological polar surface area (TPSA) is 115 Å². The number of piperidine rings is 1. The van der Waals surface area contributed by atoms with Crippen molar-refractivity contribution in [2.24, 2.45) is 0 Å². The Morgan fingerprint density at radius 1 is 1.06 bits per heavy atom. The maximum absolute atomic E-state index is 12.3. The molecule has 0 saturated carbocycles. The number of aromatic nitrogens is 5. The van der Waals surface area contributed by atoms with Crippen molar-refractivity contribution in [3.05, 3.63) is 66.9 Å². The van der Waals surface area contributed by atoms with Gasteiger partial charge >= 0.3 is 0 Å². The van der Waals surface area contributed by atoms with Gasteiger partial charge in [0.1, 0.15) is 17.9 Å². The van der Waals surface area contributed by atoms with Crippen LogP contribution in [-0.4, -0.2) is 66.2 Å². The van der Waals surface area contributed by atoms with Crippen LogP contribution in [0, 0.1) is 0 Å². The number of hydrogen-bond donors (Lipinski definition) is 1. The molecule has 10 nitrogen and oxygen atoms in total. The van der Waals surface area contributed by atoms with Gasteiger partial charge in [0.15, 0.2) is 12.3 Å². The number of imidazole rings is 1. The van der Waals surface area contributed by atoms with Gasteiger partial charge in [0.05, 0.1) is 12.2 Å². The molecule has 1 N–H and O–H groups in total. The molecule has 0 unspecified atom stereocenters. The van der Waals surface area contributed by atoms with E-state index in [0.29, 0.717) is 12.3 Å². The van der Waals surface area contributed by atoms with E-state index in [1.807, 2.05) is 58.1 Å². The highest BCUT2D eigenvalue weighted by Gasteiger charge is 2.17. The van der Waals surface area contributed by atoms with Crippen LogP contribution in [-0.2, 0) is 16.1 Å². The molecule has 1 aromatic carbocycles. The van der Waals surface area contributed by atoms with E-state index in [1.165, 1.54) is 6.42 Å². The summed E-state index contributed by atoms with van der Waals surface area (Å²) in [5, 5.41) is 11.2. The van der Waals surface area contributed by atoms with Crippen molar-refractivity contribution in [1.29, 1.82) is 0 Å². The number of amides is 1. The molecule has 0 spiro atoms. The lowest BCUT2D eigenvalue weighted by Crippen LogP contribution is -2.38. The third-order valence-electron chi connectivity index (χ3n) is 5.61. The first-order chi connectivity index (χ1) is 16.7. The molecule has 0 atom stereocenters. The highest BCUT2D eigenvalue weighted by molar-refractivity contribution is 5.77. The average Bonchev–Trinajstić information content (AvgIpc) is 3.54. The molecule has 34 heavy (non-hydrogen) atoms. The van der Waals surface area contributed by atoms with Gasteiger partial charge in [-0.05, 0) is 55.7 Å². The molecule has 5 rings (SSSR count). The molecular formula is C24H26N6O4. The lowest BCUT2D eigenvalue weighted by molar-refractivity contribution is -0.134. The van der Waals surface area contributed by atoms with Crippen LogP contribution in [0.4, 0.5) is 0 Å². The monoisotopic (exact) mass is 462 g/mol. The van der Waals surface area contributed by atoms with Crippen LogP contribution >= 0.6 is 0 Å². The third-order valence-corrected chi connectivity index (χ3v) is 5.61. The van der Waals surface area contributed by atoms with E-state index in [2.05, 4.69) is 19.6 Å². The molecule has 176 valence electrons. The zero-order valence-corrected chi connectivity index (χ0v) is 18.7. The maximum Gasteiger partial charge on any atom is 0.290 e. The van der Waals surface area contributed by atoms with Gasteiger partial charge < -0.3 is 19.3 Å². The Bertz CT molecular complexity index is 1230. The average molecular weight is 463 g/mol. The minimum absolute atomic E-state index is 0.0570. The van der Waals surface area contributed by atoms with E-state index in [1.54, 1.807) is 12.5 Å². The minimum atomic E-state index is -0.250. The number of nitrogens with zero attached hydrogens (tertiary/aromatic N) is 6. The highest BCUT2D eigenvalue weighted by atomic mass is 16.5. The molecule has 4 aromatic rings. The normalized spacial score (nSPS) is 13.2. The Balaban J connectivity index is 0.000000868. The summed E-state index contributed by atoms with van der Waals surface area (Å²) in [5.41, 5.74) is 2.82. The molecular weight excluding hydrogens is 436 g/mol. The van der Waals surface area contributed by atoms with Gasteiger partial charge in [-0.25, -0.2) is 14.5 Å². The van der Waals surface area contributed by atoms with Crippen molar-refractivity contribution in [1.82, 2.24) is 29.0 Å². The first-order valence-electron chi connectivity index (χ1n) is 11.1. The third kappa shape index (κ3) is 5.40. The van der Waals surface area contributed by atoms with Crippen LogP contribution in [0.5, 0.6) is 5.75 Å². The first kappa shape index (κ1) is 23.0. The number of ether oxygens (including phenoxy) is 1. The van der Waals surface area contributed by atoms with Crippen LogP contribution in [0.2, 0.25) is 0 Å². The lowest BCUT2D eigenvalue weighted by atomic mass is 10.1. The highest BCUT2D eigenvalue weighted by Crippen LogP contribution is 2.22. The second-order valence-electron chi connectivity index (χ2n) is 7.79. The smallest absolute Gasteiger partial charge is 0.290 e. The molecule has 1 amide bonds. The lowest BCUT2D eigenvalue weighted by Gasteiger charge is -2.26. The molecule has 10 heteroatoms. The summed E-state index contributed by atoms with van der Waals surface area (Å²) in [6.07, 6.45) is 8.67. The number of carbonyl (C=O) groups is 2. The van der Waals surface area contributed by atoms with Gasteiger partial charge in [0, 0.05) is 31.0 Å². The van der Waals surface area contributed by atoms with Crippen LogP contribution in [0.1, 0.15) is 25.0 Å². The van der Waals surface area contributed by atoms with E-state index >= 15 is 0 Å². The van der Waals surface area contributed by atoms with Crippen molar-refractivity contribution < 1.29 is 19.4 Å². The number of carbonyl (C=O) groups excluding carboxylic acids is 1. The molecule has 4 heterocycles. The van der Waals surface area contributed by atoms with Crippen molar-refractivity contribution in [3.8, 4) is 17.1 Å². The van der Waals surface area contributed by atoms with Gasteiger partial charge in [0.2, 0.25) is 0 Å². The van der Waals surface area contributed by atoms with Gasteiger partial charge in [-0.3, -0.25) is 9.59 Å². The number of hydrogen-bond acceptors (Lipinski definition) is 6. The van der Waals surface area contributed by atoms with Crippen molar-refractivity contribution in [2.75, 3.05) is 19.7 Å². The maximum atomic E-state index is 12.3. The number of benzene rings is 1. The number of carboxylic acid groups (broad SMARTS) is 1. The fraction of sp³-hybridized carbons (Fsp3) is 0.292. The summed E-state index contributed by atoms with van der Waals surface area (Å²) in [4.78, 5) is 31.3. The molecule has 3 aromatic heterocycles. The Hall–Kier alpha value is -4.21. The van der Waals surface area contributed by atoms with Crippen molar-refractivity contribution in [3.63, 3.8) is 0 Å². The van der Waals surface area contributed by atoms with Crippen molar-refractivity contribution in [2.45, 2.75) is 25.8 Å². The fourth-order valence-corrected chi connectivity index (χ4v) is 3.97. The summed E-state index contributed by atoms with van der Waals surface area (Å²) >= 11 is 0. The van der Waals surface area contributed by atoms with Crippen LogP contribution in [0.25, 0.3) is 17.0 Å². The Kier molecular flexibility index (Phi) is 7.49. The van der Waals surface area contributed by atoms with E-state index in [-0.39, 0.29) is 19.0 Å². The predicted molar refractivity (Wildman–Crippen MR) is 124 cm³/mol. The molecule has 0 radical (unpaired) electrons. The fourth-order valence-electron chi connectivity index (χ4n) is 3.97. The SMILES string of the molecule is O=C(COc1ccc(-c2nccn2Cc2cccc3ncnn23)cc1)N1CCCCC1.O=CO. The largest absolute Gasteiger partial charge is 0.484 e. The van der Waals surface area contributed by atoms with Crippen molar-refractivity contribution >= 4 is 18.0 Å². The quantitative estimate of drug-likeness (QED) is 0.438. The number of likely N-dealkylation sites (tertiary alicyclic amines) is 1. The standard InChI is InChI=1S/C23H24N6O2.CH2O2/c30-22(27-12-2-1-3-13-27)16-31-20-9-7-18(8-10-20)23-24-11-14-28(23)15-19-5-4-6-21-25-17-26-29(19)21;2-1-3/h4-11,14,17H,1-3,12-13,15-16H2;1H,(H,2,3). The van der Waals surface area contributed by atoms with E-state index in [4.69, 9.17) is 14.6 Å². The Morgan fingerprint density at radius 2 is 1.82 bits per heavy atom. The molecule has 1 aliphatic rings. The molecule has 0 aliphatic carbocycles. The predicted octanol–water partition coefficient (Wildman–Crippen LogP) is 2.73. The van der Waals surface area contributed by atoms with E-state index < -0.39 is 0 Å². The van der Waals surface area contributed by atoms with E-state index in [0.717, 1.165) is 48.7 Å². The summed E-state index contributed by atoms with van der Waals surface area (Å²) in [6, 6.07) is 13.6. The summed E-state index contributed by atoms with van der Waals surface area (Å²) in [5.74, 6) is 1.59. The summed E-state index contributed by atoms with van der Waals surface area (Å²) in [6.45, 7) is 2.13. The molecule has 1 aliphatic heterocycles. The van der Waals surface area contributed by atoms with Gasteiger partial charge in [0.25, 0.3) is 12.4 Å². The zero-order chi connectivity index (χ0) is 23.8. The summed E-state index contributed by atoms with van der Waals surface area (Å²) < 4.78 is 9.63. The molecule has 1 fully saturated rings. The minimum Gasteiger partial charge on any atom is -0.484 e. The Labute approximate surface area is 196 Å². The second kappa shape index (κ2) is 11.1. The summed E-state index contributed by atoms with van der Waals surface area (Å²) in [7, 11) is 0. The number of rotatable bonds is 6. The first-order valence-corrected chi connectivity index (χ1v) is 11.1. The number of fused-ring (bicyclic) bond motifs is 1. The van der Waals surface area contributed by atoms with Gasteiger partial charge in [-0.1, -0.05) is 6.07 Å². The van der Waals surface area contributed by atoms with Crippen LogP contribution < -0.4 is 4.74 Å². The molecule has 1 saturated heterocycles. The van der Waals surface area contributed by atoms with Gasteiger partial charge in [-0.2, -0.15) is 5.10 Å². The Morgan fingerprint density at radius 3 is 2.59 bits per heavy atom. The molecule has 0 bridgehead atoms. The van der Waals surface area contributed by atoms with Crippen LogP contribution in [0.3, 0.4) is 0 Å². The second-order valence-corrected chi connectivity index (χ2v) is 7.79. The zero-order valence-electron chi connectivity index (χ0n) is 18.7. The van der Waals surface area contributed by atoms with Gasteiger partial charge in [-0.15, -0.1) is 0 Å².